The lowest BCUT2D eigenvalue weighted by Crippen LogP contribution is -2.42. The van der Waals surface area contributed by atoms with Gasteiger partial charge in [-0.2, -0.15) is 0 Å². The maximum absolute atomic E-state index is 14.6. The molecule has 0 fully saturated rings. The Hall–Kier alpha value is -2.54. The van der Waals surface area contributed by atoms with Crippen LogP contribution in [0.15, 0.2) is 35.3 Å². The summed E-state index contributed by atoms with van der Waals surface area (Å²) in [4.78, 5) is 4.63. The summed E-state index contributed by atoms with van der Waals surface area (Å²) in [7, 11) is 7.41. The zero-order chi connectivity index (χ0) is 16.9. The number of methoxy groups -OCH3 is 1. The number of rotatable bonds is 1. The number of nitrogens with zero attached hydrogens (tertiary/aromatic N) is 1. The lowest BCUT2D eigenvalue weighted by molar-refractivity contribution is 0.109. The number of ether oxygens (including phenoxy) is 3. The summed E-state index contributed by atoms with van der Waals surface area (Å²) in [5.41, 5.74) is 6.64. The van der Waals surface area contributed by atoms with Gasteiger partial charge in [0.25, 0.3) is 0 Å². The minimum Gasteiger partial charge on any atom is -0.497 e. The predicted molar refractivity (Wildman–Crippen MR) is 88.1 cm³/mol. The molecule has 1 spiro atoms. The number of aliphatic imine (C=N–C) groups is 1. The molecule has 5 nitrogen and oxygen atoms in total. The number of hydrogen-bond donors (Lipinski definition) is 1. The molecule has 2 radical (unpaired) electrons. The van der Waals surface area contributed by atoms with Crippen LogP contribution in [0, 0.1) is 5.82 Å². The van der Waals surface area contributed by atoms with E-state index in [0.717, 1.165) is 0 Å². The highest BCUT2D eigenvalue weighted by molar-refractivity contribution is 6.32. The molecule has 0 amide bonds. The maximum Gasteiger partial charge on any atom is 0.169 e. The Balaban J connectivity index is 2.06. The molecule has 24 heavy (non-hydrogen) atoms. The van der Waals surface area contributed by atoms with Crippen LogP contribution in [0.4, 0.5) is 4.39 Å². The van der Waals surface area contributed by atoms with Crippen LogP contribution in [0.3, 0.4) is 0 Å². The van der Waals surface area contributed by atoms with Gasteiger partial charge in [0.15, 0.2) is 11.6 Å². The molecule has 7 heteroatoms. The molecule has 4 rings (SSSR count). The highest BCUT2D eigenvalue weighted by atomic mass is 19.1. The summed E-state index contributed by atoms with van der Waals surface area (Å²) in [5.74, 6) is 0.718. The summed E-state index contributed by atoms with van der Waals surface area (Å²) in [5, 5.41) is 0. The quantitative estimate of drug-likeness (QED) is 0.805. The van der Waals surface area contributed by atoms with E-state index >= 15 is 0 Å². The van der Waals surface area contributed by atoms with Crippen LogP contribution >= 0.6 is 0 Å². The zero-order valence-electron chi connectivity index (χ0n) is 13.0. The Morgan fingerprint density at radius 3 is 2.88 bits per heavy atom. The van der Waals surface area contributed by atoms with Gasteiger partial charge in [-0.25, -0.2) is 4.39 Å². The van der Waals surface area contributed by atoms with Gasteiger partial charge in [-0.15, -0.1) is 0 Å². The van der Waals surface area contributed by atoms with E-state index in [-0.39, 0.29) is 19.0 Å². The first-order valence-corrected chi connectivity index (χ1v) is 7.41. The molecule has 0 saturated heterocycles. The van der Waals surface area contributed by atoms with Crippen molar-refractivity contribution in [3.8, 4) is 17.2 Å². The summed E-state index contributed by atoms with van der Waals surface area (Å²) in [6, 6.07) is 8.09. The molecule has 0 aromatic heterocycles. The zero-order valence-corrected chi connectivity index (χ0v) is 13.0. The summed E-state index contributed by atoms with van der Waals surface area (Å²) >= 11 is 0. The lowest BCUT2D eigenvalue weighted by atomic mass is 9.78. The highest BCUT2D eigenvalue weighted by Crippen LogP contribution is 2.51. The smallest absolute Gasteiger partial charge is 0.169 e. The number of benzene rings is 2. The van der Waals surface area contributed by atoms with E-state index in [0.29, 0.717) is 33.9 Å². The van der Waals surface area contributed by atoms with E-state index < -0.39 is 11.4 Å². The van der Waals surface area contributed by atoms with Crippen molar-refractivity contribution >= 4 is 19.1 Å². The predicted octanol–water partition coefficient (Wildman–Crippen LogP) is 1.36. The first kappa shape index (κ1) is 15.0. The molecule has 1 unspecified atom stereocenters. The van der Waals surface area contributed by atoms with Gasteiger partial charge in [-0.05, 0) is 12.1 Å². The third kappa shape index (κ3) is 2.08. The van der Waals surface area contributed by atoms with Crippen molar-refractivity contribution in [1.82, 2.24) is 0 Å². The first-order chi connectivity index (χ1) is 11.5. The Labute approximate surface area is 139 Å². The number of amidine groups is 1. The van der Waals surface area contributed by atoms with Gasteiger partial charge in [-0.3, -0.25) is 4.99 Å². The fourth-order valence-corrected chi connectivity index (χ4v) is 3.20. The van der Waals surface area contributed by atoms with Gasteiger partial charge in [0.05, 0.1) is 13.7 Å². The third-order valence-corrected chi connectivity index (χ3v) is 4.25. The van der Waals surface area contributed by atoms with Crippen molar-refractivity contribution in [2.75, 3.05) is 20.3 Å². The SMILES string of the molecule is [B]c1ccc2c(c1)C1(COCC(N)=N1)c1cc(OC)cc(F)c1O2. The van der Waals surface area contributed by atoms with Gasteiger partial charge in [0.1, 0.15) is 37.3 Å². The number of fused-ring (bicyclic) bond motifs is 4. The van der Waals surface area contributed by atoms with Crippen LogP contribution in [0.5, 0.6) is 17.2 Å². The Morgan fingerprint density at radius 2 is 2.12 bits per heavy atom. The second-order valence-corrected chi connectivity index (χ2v) is 5.80. The van der Waals surface area contributed by atoms with E-state index in [1.54, 1.807) is 24.3 Å². The van der Waals surface area contributed by atoms with E-state index in [4.69, 9.17) is 27.8 Å². The molecule has 120 valence electrons. The molecule has 2 aromatic rings. The van der Waals surface area contributed by atoms with E-state index in [1.807, 2.05) is 0 Å². The topological polar surface area (TPSA) is 66.1 Å². The Bertz CT molecular complexity index is 871. The Kier molecular flexibility index (Phi) is 3.28. The average molecular weight is 324 g/mol. The minimum absolute atomic E-state index is 0.0927. The summed E-state index contributed by atoms with van der Waals surface area (Å²) < 4.78 is 31.2. The lowest BCUT2D eigenvalue weighted by Gasteiger charge is -2.39. The number of halogens is 1. The molecule has 2 N–H and O–H groups in total. The Morgan fingerprint density at radius 1 is 1.29 bits per heavy atom. The molecular formula is C17H14BFN2O3. The largest absolute Gasteiger partial charge is 0.497 e. The van der Waals surface area contributed by atoms with Gasteiger partial charge in [-0.1, -0.05) is 17.6 Å². The van der Waals surface area contributed by atoms with Crippen LogP contribution < -0.4 is 20.7 Å². The van der Waals surface area contributed by atoms with Crippen molar-refractivity contribution in [3.05, 3.63) is 47.3 Å². The van der Waals surface area contributed by atoms with Crippen molar-refractivity contribution < 1.29 is 18.6 Å². The third-order valence-electron chi connectivity index (χ3n) is 4.25. The average Bonchev–Trinajstić information content (AvgIpc) is 2.56. The summed E-state index contributed by atoms with van der Waals surface area (Å²) in [6.45, 7) is 0.426. The van der Waals surface area contributed by atoms with Crippen LogP contribution in [-0.4, -0.2) is 34.0 Å². The molecule has 0 bridgehead atoms. The van der Waals surface area contributed by atoms with E-state index in [2.05, 4.69) is 4.99 Å². The van der Waals surface area contributed by atoms with Crippen molar-refractivity contribution in [3.63, 3.8) is 0 Å². The van der Waals surface area contributed by atoms with E-state index in [1.165, 1.54) is 13.2 Å². The molecule has 0 aliphatic carbocycles. The molecule has 2 heterocycles. The second kappa shape index (κ2) is 5.24. The van der Waals surface area contributed by atoms with Crippen molar-refractivity contribution in [2.45, 2.75) is 5.54 Å². The number of hydrogen-bond acceptors (Lipinski definition) is 5. The molecule has 1 atom stereocenters. The minimum atomic E-state index is -1.02. The van der Waals surface area contributed by atoms with Gasteiger partial charge < -0.3 is 19.9 Å². The highest BCUT2D eigenvalue weighted by Gasteiger charge is 2.46. The van der Waals surface area contributed by atoms with Gasteiger partial charge in [0, 0.05) is 17.2 Å². The standard InChI is InChI=1S/C17H14BFN2O3/c1-22-10-5-12-16(13(19)6-10)24-14-3-2-9(18)4-11(14)17(12)8-23-7-15(20)21-17/h2-6H,7-8H2,1H3,(H2,20,21). The van der Waals surface area contributed by atoms with Crippen LogP contribution in [0.25, 0.3) is 0 Å². The molecule has 0 saturated carbocycles. The van der Waals surface area contributed by atoms with Crippen molar-refractivity contribution in [2.24, 2.45) is 10.7 Å². The van der Waals surface area contributed by atoms with Crippen molar-refractivity contribution in [1.29, 1.82) is 0 Å². The van der Waals surface area contributed by atoms with Crippen LogP contribution in [-0.2, 0) is 10.3 Å². The maximum atomic E-state index is 14.6. The molecular weight excluding hydrogens is 310 g/mol. The number of nitrogens with two attached hydrogens (primary N) is 1. The first-order valence-electron chi connectivity index (χ1n) is 7.41. The fraction of sp³-hybridized carbons (Fsp3) is 0.235. The molecule has 2 aromatic carbocycles. The molecule has 2 aliphatic rings. The van der Waals surface area contributed by atoms with Crippen LogP contribution in [0.2, 0.25) is 0 Å². The fourth-order valence-electron chi connectivity index (χ4n) is 3.20. The second-order valence-electron chi connectivity index (χ2n) is 5.80. The van der Waals surface area contributed by atoms with E-state index in [9.17, 15) is 4.39 Å². The van der Waals surface area contributed by atoms with Gasteiger partial charge in [0.2, 0.25) is 0 Å². The van der Waals surface area contributed by atoms with Gasteiger partial charge >= 0.3 is 0 Å². The molecule has 2 aliphatic heterocycles. The van der Waals surface area contributed by atoms with Crippen LogP contribution in [0.1, 0.15) is 11.1 Å². The normalized spacial score (nSPS) is 21.5. The monoisotopic (exact) mass is 324 g/mol. The summed E-state index contributed by atoms with van der Waals surface area (Å²) in [6.07, 6.45) is 0.